The van der Waals surface area contributed by atoms with E-state index in [1.807, 2.05) is 18.2 Å². The molecule has 1 saturated heterocycles. The molecule has 0 saturated carbocycles. The average molecular weight is 549 g/mol. The van der Waals surface area contributed by atoms with Crippen LogP contribution in [-0.4, -0.2) is 38.3 Å². The first-order valence-corrected chi connectivity index (χ1v) is 13.3. The fourth-order valence-corrected chi connectivity index (χ4v) is 5.69. The maximum atomic E-state index is 12.4. The number of rotatable bonds is 9. The number of likely N-dealkylation sites (tertiary alicyclic amines) is 1. The van der Waals surface area contributed by atoms with Crippen LogP contribution in [0, 0.1) is 5.92 Å². The molecular weight excluding hydrogens is 509 g/mol. The van der Waals surface area contributed by atoms with Crippen molar-refractivity contribution in [1.82, 2.24) is 4.90 Å². The highest BCUT2D eigenvalue weighted by atomic mass is 35.5. The molecule has 5 rings (SSSR count). The molecule has 0 spiro atoms. The van der Waals surface area contributed by atoms with Crippen molar-refractivity contribution in [3.63, 3.8) is 0 Å². The molecule has 1 fully saturated rings. The Morgan fingerprint density at radius 3 is 2.51 bits per heavy atom. The normalized spacial score (nSPS) is 15.9. The second-order valence-corrected chi connectivity index (χ2v) is 10.1. The van der Waals surface area contributed by atoms with Crippen LogP contribution >= 0.6 is 24.8 Å². The zero-order valence-corrected chi connectivity index (χ0v) is 23.3. The summed E-state index contributed by atoms with van der Waals surface area (Å²) in [6, 6.07) is 14.5. The van der Waals surface area contributed by atoms with Gasteiger partial charge in [-0.25, -0.2) is 4.79 Å². The highest BCUT2D eigenvalue weighted by Gasteiger charge is 2.20. The maximum Gasteiger partial charge on any atom is 0.339 e. The average Bonchev–Trinajstić information content (AvgIpc) is 2.89. The predicted octanol–water partition coefficient (Wildman–Crippen LogP) is 6.64. The number of hydrogen-bond donors (Lipinski definition) is 0. The Hall–Kier alpha value is -2.21. The van der Waals surface area contributed by atoms with E-state index in [0.717, 1.165) is 79.9 Å². The number of nitrogens with zero attached hydrogens (tertiary/aromatic N) is 1. The van der Waals surface area contributed by atoms with Crippen molar-refractivity contribution in [2.45, 2.75) is 57.8 Å². The first kappa shape index (κ1) is 29.3. The van der Waals surface area contributed by atoms with Crippen molar-refractivity contribution in [3.8, 4) is 11.5 Å². The van der Waals surface area contributed by atoms with Gasteiger partial charge in [-0.1, -0.05) is 12.1 Å². The lowest BCUT2D eigenvalue weighted by atomic mass is 9.90. The summed E-state index contributed by atoms with van der Waals surface area (Å²) in [7, 11) is 1.73. The highest BCUT2D eigenvalue weighted by molar-refractivity contribution is 5.85. The number of fused-ring (bicyclic) bond motifs is 3. The highest BCUT2D eigenvalue weighted by Crippen LogP contribution is 2.29. The van der Waals surface area contributed by atoms with E-state index in [1.54, 1.807) is 7.11 Å². The van der Waals surface area contributed by atoms with E-state index in [1.165, 1.54) is 37.1 Å². The third kappa shape index (κ3) is 7.43. The molecule has 1 aromatic heterocycles. The minimum Gasteiger partial charge on any atom is -0.497 e. The Balaban J connectivity index is 0.00000190. The zero-order valence-electron chi connectivity index (χ0n) is 21.7. The standard InChI is InChI=1S/C30H37NO4.2ClH/c1-33-24-8-6-7-23(20-24)19-22-13-16-31(17-14-22)15-4-5-18-34-25-11-12-27-26-9-2-3-10-28(26)30(32)35-29(27)21-25;;/h6-8,11-12,20-22H,2-5,9-10,13-19H2,1H3;2*1H. The summed E-state index contributed by atoms with van der Waals surface area (Å²) in [5.74, 6) is 2.50. The van der Waals surface area contributed by atoms with Crippen molar-refractivity contribution >= 4 is 35.8 Å². The smallest absolute Gasteiger partial charge is 0.339 e. The van der Waals surface area contributed by atoms with E-state index in [-0.39, 0.29) is 30.4 Å². The van der Waals surface area contributed by atoms with Gasteiger partial charge >= 0.3 is 5.63 Å². The van der Waals surface area contributed by atoms with Crippen LogP contribution in [-0.2, 0) is 19.3 Å². The lowest BCUT2D eigenvalue weighted by Crippen LogP contribution is -2.35. The molecule has 2 aliphatic rings. The summed E-state index contributed by atoms with van der Waals surface area (Å²) in [5, 5.41) is 1.07. The van der Waals surface area contributed by atoms with E-state index in [0.29, 0.717) is 12.2 Å². The third-order valence-electron chi connectivity index (χ3n) is 7.70. The van der Waals surface area contributed by atoms with Crippen LogP contribution in [0.5, 0.6) is 11.5 Å². The van der Waals surface area contributed by atoms with Gasteiger partial charge in [0.25, 0.3) is 0 Å². The molecule has 2 aromatic carbocycles. The number of unbranched alkanes of at least 4 members (excludes halogenated alkanes) is 1. The van der Waals surface area contributed by atoms with Crippen LogP contribution in [0.25, 0.3) is 11.0 Å². The van der Waals surface area contributed by atoms with E-state index in [9.17, 15) is 4.79 Å². The van der Waals surface area contributed by atoms with Gasteiger partial charge in [0.05, 0.1) is 13.7 Å². The first-order valence-electron chi connectivity index (χ1n) is 13.3. The number of piperidine rings is 1. The van der Waals surface area contributed by atoms with Crippen LogP contribution < -0.4 is 15.1 Å². The van der Waals surface area contributed by atoms with Crippen molar-refractivity contribution in [2.75, 3.05) is 33.4 Å². The van der Waals surface area contributed by atoms with Gasteiger partial charge in [-0.05, 0) is 119 Å². The van der Waals surface area contributed by atoms with Crippen molar-refractivity contribution in [2.24, 2.45) is 5.92 Å². The zero-order chi connectivity index (χ0) is 24.0. The molecule has 2 heterocycles. The molecule has 1 aliphatic carbocycles. The van der Waals surface area contributed by atoms with Crippen LogP contribution in [0.4, 0.5) is 0 Å². The summed E-state index contributed by atoms with van der Waals surface area (Å²) in [4.78, 5) is 15.0. The van der Waals surface area contributed by atoms with Crippen molar-refractivity contribution < 1.29 is 13.9 Å². The Kier molecular flexibility index (Phi) is 11.2. The minimum absolute atomic E-state index is 0. The summed E-state index contributed by atoms with van der Waals surface area (Å²) in [6.45, 7) is 4.19. The third-order valence-corrected chi connectivity index (χ3v) is 7.70. The van der Waals surface area contributed by atoms with Crippen LogP contribution in [0.3, 0.4) is 0 Å². The minimum atomic E-state index is -0.170. The Morgan fingerprint density at radius 1 is 0.946 bits per heavy atom. The van der Waals surface area contributed by atoms with Crippen molar-refractivity contribution in [1.29, 1.82) is 0 Å². The summed E-state index contributed by atoms with van der Waals surface area (Å²) in [5.41, 5.74) is 3.93. The van der Waals surface area contributed by atoms with Gasteiger partial charge in [0.2, 0.25) is 0 Å². The second kappa shape index (κ2) is 14.1. The number of benzene rings is 2. The summed E-state index contributed by atoms with van der Waals surface area (Å²) < 4.78 is 17.0. The number of aryl methyl sites for hydroxylation is 1. The molecule has 1 aliphatic heterocycles. The second-order valence-electron chi connectivity index (χ2n) is 10.1. The molecule has 202 valence electrons. The number of halogens is 2. The van der Waals surface area contributed by atoms with Gasteiger partial charge in [-0.15, -0.1) is 24.8 Å². The maximum absolute atomic E-state index is 12.4. The topological polar surface area (TPSA) is 51.9 Å². The van der Waals surface area contributed by atoms with Gasteiger partial charge in [0.15, 0.2) is 0 Å². The fraction of sp³-hybridized carbons (Fsp3) is 0.500. The molecule has 0 bridgehead atoms. The molecule has 0 amide bonds. The molecule has 5 nitrogen and oxygen atoms in total. The van der Waals surface area contributed by atoms with Crippen LogP contribution in [0.2, 0.25) is 0 Å². The molecule has 3 aromatic rings. The lowest BCUT2D eigenvalue weighted by molar-refractivity contribution is 0.177. The molecule has 0 N–H and O–H groups in total. The van der Waals surface area contributed by atoms with Crippen molar-refractivity contribution in [3.05, 3.63) is 69.6 Å². The summed E-state index contributed by atoms with van der Waals surface area (Å²) in [6.07, 6.45) is 9.86. The van der Waals surface area contributed by atoms with Gasteiger partial charge < -0.3 is 18.8 Å². The van der Waals surface area contributed by atoms with E-state index >= 15 is 0 Å². The first-order chi connectivity index (χ1) is 17.2. The van der Waals surface area contributed by atoms with E-state index in [4.69, 9.17) is 13.9 Å². The predicted molar refractivity (Wildman–Crippen MR) is 154 cm³/mol. The molecule has 0 radical (unpaired) electrons. The fourth-order valence-electron chi connectivity index (χ4n) is 5.69. The Bertz CT molecular complexity index is 1200. The summed E-state index contributed by atoms with van der Waals surface area (Å²) >= 11 is 0. The number of hydrogen-bond acceptors (Lipinski definition) is 5. The number of ether oxygens (including phenoxy) is 2. The molecular formula is C30H39Cl2NO4. The van der Waals surface area contributed by atoms with Gasteiger partial charge in [0.1, 0.15) is 17.1 Å². The van der Waals surface area contributed by atoms with Crippen LogP contribution in [0.1, 0.15) is 55.2 Å². The lowest BCUT2D eigenvalue weighted by Gasteiger charge is -2.32. The largest absolute Gasteiger partial charge is 0.497 e. The molecule has 0 atom stereocenters. The quantitative estimate of drug-likeness (QED) is 0.222. The SMILES string of the molecule is COc1cccc(CC2CCN(CCCCOc3ccc4c5c(c(=O)oc4c3)CCCC5)CC2)c1.Cl.Cl. The Morgan fingerprint density at radius 2 is 1.73 bits per heavy atom. The molecule has 7 heteroatoms. The molecule has 37 heavy (non-hydrogen) atoms. The van der Waals surface area contributed by atoms with Gasteiger partial charge in [-0.2, -0.15) is 0 Å². The van der Waals surface area contributed by atoms with E-state index in [2.05, 4.69) is 29.2 Å². The van der Waals surface area contributed by atoms with Gasteiger partial charge in [0, 0.05) is 17.0 Å². The Labute approximate surface area is 232 Å². The van der Waals surface area contributed by atoms with Crippen LogP contribution in [0.15, 0.2) is 51.7 Å². The monoisotopic (exact) mass is 547 g/mol. The molecule has 0 unspecified atom stereocenters. The van der Waals surface area contributed by atoms with Gasteiger partial charge in [-0.3, -0.25) is 0 Å². The number of methoxy groups -OCH3 is 1. The van der Waals surface area contributed by atoms with E-state index < -0.39 is 0 Å².